The van der Waals surface area contributed by atoms with Gasteiger partial charge in [0.2, 0.25) is 11.7 Å². The lowest BCUT2D eigenvalue weighted by Gasteiger charge is -2.60. The van der Waals surface area contributed by atoms with Crippen molar-refractivity contribution in [3.05, 3.63) is 90.5 Å². The molecule has 1 amide bonds. The molecule has 11 nitrogen and oxygen atoms in total. The highest BCUT2D eigenvalue weighted by atomic mass is 16.7. The second kappa shape index (κ2) is 26.9. The lowest BCUT2D eigenvalue weighted by atomic mass is 9.55. The maximum absolute atomic E-state index is 14.9. The Morgan fingerprint density at radius 2 is 1.55 bits per heavy atom. The summed E-state index contributed by atoms with van der Waals surface area (Å²) in [4.78, 5) is 22.7. The first-order valence-electron chi connectivity index (χ1n) is 25.3. The van der Waals surface area contributed by atoms with Crippen LogP contribution in [0.25, 0.3) is 10.8 Å². The van der Waals surface area contributed by atoms with Gasteiger partial charge in [-0.05, 0) is 97.5 Å². The van der Waals surface area contributed by atoms with Crippen LogP contribution in [0.4, 0.5) is 0 Å². The summed E-state index contributed by atoms with van der Waals surface area (Å²) in [5.41, 5.74) is 2.76. The van der Waals surface area contributed by atoms with Crippen molar-refractivity contribution in [2.45, 2.75) is 141 Å². The summed E-state index contributed by atoms with van der Waals surface area (Å²) in [6.45, 7) is 9.58. The number of carbonyl (C=O) groups is 1. The number of benzene rings is 3. The van der Waals surface area contributed by atoms with Crippen LogP contribution in [0.2, 0.25) is 0 Å². The minimum Gasteiger partial charge on any atom is -0.459 e. The third kappa shape index (κ3) is 13.0. The van der Waals surface area contributed by atoms with Crippen LogP contribution in [0.3, 0.4) is 0 Å². The molecule has 3 N–H and O–H groups in total. The summed E-state index contributed by atoms with van der Waals surface area (Å²) < 4.78 is 27.2. The Morgan fingerprint density at radius 1 is 0.833 bits per heavy atom. The first-order chi connectivity index (χ1) is 32.4. The van der Waals surface area contributed by atoms with E-state index in [-0.39, 0.29) is 69.8 Å². The SMILES string of the molecule is C=CCO[C@@]12Oc3ccc(Oc4ccc5ccccc5c4)cc3[C@H]3[C@H](CCCCO)[C@@H](CCCCO)C=C(C(=NOCC)C[C@@H]1N(CCOCCO)C(=O)CCCCCCCCCCC)[C@H]32. The molecule has 0 aromatic heterocycles. The van der Waals surface area contributed by atoms with Crippen molar-refractivity contribution < 1.29 is 43.9 Å². The molecule has 1 aliphatic heterocycles. The predicted octanol–water partition coefficient (Wildman–Crippen LogP) is 11.0. The normalized spacial score (nSPS) is 22.6. The van der Waals surface area contributed by atoms with Crippen molar-refractivity contribution in [3.8, 4) is 17.2 Å². The number of ether oxygens (including phenoxy) is 4. The minimum absolute atomic E-state index is 0.00239. The van der Waals surface area contributed by atoms with Gasteiger partial charge < -0.3 is 44.0 Å². The zero-order valence-corrected chi connectivity index (χ0v) is 39.9. The van der Waals surface area contributed by atoms with Crippen molar-refractivity contribution >= 4 is 22.4 Å². The van der Waals surface area contributed by atoms with E-state index in [4.69, 9.17) is 28.9 Å². The predicted molar refractivity (Wildman–Crippen MR) is 262 cm³/mol. The standard InChI is InChI=1S/C55H78N2O9/c1-4-7-8-9-10-11-12-13-14-25-52(61)57(30-35-62-36-33-60)51-40-49(56-64-6-3)47-38-43(23-17-19-31-58)46(24-18-20-32-59)53-48-39-45(65-44-27-26-41-21-15-16-22-42(41)37-44)28-29-50(48)66-55(51,54(47)53)63-34-5-2/h5,15-16,21-22,26-29,37-39,43,46,51,53-54,58-60H,2,4,6-14,17-20,23-25,30-36,40H2,1,3H3/t43-,46+,51-,53+,54+,55+/m0/s1. The topological polar surface area (TPSA) is 140 Å². The van der Waals surface area contributed by atoms with Crippen molar-refractivity contribution in [3.63, 3.8) is 0 Å². The van der Waals surface area contributed by atoms with Crippen molar-refractivity contribution in [2.24, 2.45) is 22.9 Å². The molecular weight excluding hydrogens is 833 g/mol. The smallest absolute Gasteiger partial charge is 0.239 e. The molecule has 1 saturated carbocycles. The van der Waals surface area contributed by atoms with Crippen LogP contribution in [0.5, 0.6) is 17.2 Å². The molecule has 0 saturated heterocycles. The Bertz CT molecular complexity index is 2020. The number of hydrogen-bond acceptors (Lipinski definition) is 10. The Hall–Kier alpha value is -4.26. The van der Waals surface area contributed by atoms with Gasteiger partial charge in [0.15, 0.2) is 0 Å². The van der Waals surface area contributed by atoms with Gasteiger partial charge in [0.25, 0.3) is 0 Å². The molecule has 2 aliphatic carbocycles. The first kappa shape index (κ1) is 51.1. The van der Waals surface area contributed by atoms with Gasteiger partial charge in [0.05, 0.1) is 38.1 Å². The maximum atomic E-state index is 14.9. The Balaban J connectivity index is 1.46. The van der Waals surface area contributed by atoms with Crippen molar-refractivity contribution in [1.82, 2.24) is 4.90 Å². The molecule has 3 aromatic carbocycles. The van der Waals surface area contributed by atoms with Crippen LogP contribution in [0.15, 0.2) is 90.1 Å². The number of amides is 1. The number of hydrogen-bond donors (Lipinski definition) is 3. The lowest BCUT2D eigenvalue weighted by Crippen LogP contribution is -2.70. The van der Waals surface area contributed by atoms with Gasteiger partial charge in [-0.1, -0.05) is 119 Å². The number of allylic oxidation sites excluding steroid dienone is 1. The largest absolute Gasteiger partial charge is 0.459 e. The Kier molecular flexibility index (Phi) is 20.9. The van der Waals surface area contributed by atoms with E-state index in [2.05, 4.69) is 49.9 Å². The molecule has 1 heterocycles. The molecule has 11 heteroatoms. The average molecular weight is 911 g/mol. The number of unbranched alkanes of at least 4 members (excludes halogenated alkanes) is 10. The van der Waals surface area contributed by atoms with E-state index in [0.29, 0.717) is 43.8 Å². The number of aliphatic hydroxyl groups excluding tert-OH is 3. The van der Waals surface area contributed by atoms with Crippen molar-refractivity contribution in [1.29, 1.82) is 0 Å². The van der Waals surface area contributed by atoms with Gasteiger partial charge in [-0.25, -0.2) is 0 Å². The Morgan fingerprint density at radius 3 is 2.27 bits per heavy atom. The van der Waals surface area contributed by atoms with Gasteiger partial charge >= 0.3 is 0 Å². The summed E-state index contributed by atoms with van der Waals surface area (Å²) in [6.07, 6.45) is 19.9. The third-order valence-corrected chi connectivity index (χ3v) is 13.8. The summed E-state index contributed by atoms with van der Waals surface area (Å²) in [5, 5.41) is 36.7. The molecule has 1 fully saturated rings. The highest BCUT2D eigenvalue weighted by molar-refractivity contribution is 6.03. The lowest BCUT2D eigenvalue weighted by molar-refractivity contribution is -0.258. The number of oxime groups is 1. The monoisotopic (exact) mass is 911 g/mol. The summed E-state index contributed by atoms with van der Waals surface area (Å²) in [7, 11) is 0. The van der Waals surface area contributed by atoms with Crippen LogP contribution in [0.1, 0.15) is 134 Å². The van der Waals surface area contributed by atoms with Crippen LogP contribution in [0, 0.1) is 17.8 Å². The number of rotatable bonds is 31. The van der Waals surface area contributed by atoms with E-state index < -0.39 is 17.7 Å². The van der Waals surface area contributed by atoms with Gasteiger partial charge in [-0.15, -0.1) is 6.58 Å². The Labute approximate surface area is 394 Å². The minimum atomic E-state index is -1.36. The average Bonchev–Trinajstić information content (AvgIpc) is 3.33. The van der Waals surface area contributed by atoms with Crippen LogP contribution < -0.4 is 9.47 Å². The zero-order valence-electron chi connectivity index (χ0n) is 39.9. The second-order valence-electron chi connectivity index (χ2n) is 18.3. The fourth-order valence-corrected chi connectivity index (χ4v) is 10.7. The van der Waals surface area contributed by atoms with Gasteiger partial charge in [-0.3, -0.25) is 4.79 Å². The van der Waals surface area contributed by atoms with E-state index in [9.17, 15) is 20.1 Å². The number of aliphatic hydroxyl groups is 3. The van der Waals surface area contributed by atoms with E-state index in [1.807, 2.05) is 42.2 Å². The highest BCUT2D eigenvalue weighted by Gasteiger charge is 2.65. The van der Waals surface area contributed by atoms with Gasteiger partial charge in [-0.2, -0.15) is 0 Å². The van der Waals surface area contributed by atoms with Crippen molar-refractivity contribution in [2.75, 3.05) is 52.8 Å². The fraction of sp³-hybridized carbons (Fsp3) is 0.600. The van der Waals surface area contributed by atoms with Crippen LogP contribution >= 0.6 is 0 Å². The number of carbonyl (C=O) groups excluding carboxylic acids is 1. The summed E-state index contributed by atoms with van der Waals surface area (Å²) in [5.74, 6) is 0.324. The molecular formula is C55H78N2O9. The molecule has 0 radical (unpaired) electrons. The van der Waals surface area contributed by atoms with Crippen LogP contribution in [-0.2, 0) is 19.1 Å². The van der Waals surface area contributed by atoms with E-state index in [1.54, 1.807) is 6.08 Å². The fourth-order valence-electron chi connectivity index (χ4n) is 10.7. The summed E-state index contributed by atoms with van der Waals surface area (Å²) >= 11 is 0. The molecule has 3 aromatic rings. The zero-order chi connectivity index (χ0) is 46.6. The van der Waals surface area contributed by atoms with E-state index >= 15 is 0 Å². The molecule has 362 valence electrons. The molecule has 0 spiro atoms. The molecule has 6 atom stereocenters. The highest BCUT2D eigenvalue weighted by Crippen LogP contribution is 2.62. The molecule has 6 rings (SSSR count). The number of nitrogens with zero attached hydrogens (tertiary/aromatic N) is 2. The van der Waals surface area contributed by atoms with Gasteiger partial charge in [0.1, 0.15) is 29.9 Å². The number of fused-ring (bicyclic) bond motifs is 3. The second-order valence-corrected chi connectivity index (χ2v) is 18.3. The maximum Gasteiger partial charge on any atom is 0.239 e. The molecule has 0 unspecified atom stereocenters. The molecule has 3 aliphatic rings. The molecule has 0 bridgehead atoms. The third-order valence-electron chi connectivity index (χ3n) is 13.8. The molecule has 66 heavy (non-hydrogen) atoms. The van der Waals surface area contributed by atoms with Crippen LogP contribution in [-0.4, -0.2) is 96.5 Å². The van der Waals surface area contributed by atoms with E-state index in [1.165, 1.54) is 38.5 Å². The quantitative estimate of drug-likeness (QED) is 0.0327. The summed E-state index contributed by atoms with van der Waals surface area (Å²) in [6, 6.07) is 19.8. The first-order valence-corrected chi connectivity index (χ1v) is 25.3. The van der Waals surface area contributed by atoms with E-state index in [0.717, 1.165) is 78.3 Å². The van der Waals surface area contributed by atoms with Gasteiger partial charge in [0, 0.05) is 44.1 Å².